The third-order valence-electron chi connectivity index (χ3n) is 4.78. The summed E-state index contributed by atoms with van der Waals surface area (Å²) < 4.78 is 13.0. The van der Waals surface area contributed by atoms with Gasteiger partial charge < -0.3 is 5.73 Å². The molecular weight excluding hydrogens is 231 g/mol. The molecule has 2 saturated carbocycles. The number of nitrogens with two attached hydrogens (primary N) is 1. The first-order chi connectivity index (χ1) is 8.61. The molecule has 1 heterocycles. The van der Waals surface area contributed by atoms with Gasteiger partial charge in [-0.05, 0) is 36.8 Å². The topological polar surface area (TPSA) is 56.0 Å². The highest BCUT2D eigenvalue weighted by atomic mass is 19.1. The Hall–Kier alpha value is -1.45. The van der Waals surface area contributed by atoms with Gasteiger partial charge in [-0.1, -0.05) is 19.3 Å². The third-order valence-corrected chi connectivity index (χ3v) is 4.78. The van der Waals surface area contributed by atoms with Gasteiger partial charge in [-0.2, -0.15) is 0 Å². The van der Waals surface area contributed by atoms with Crippen LogP contribution in [-0.2, 0) is 10.2 Å². The van der Waals surface area contributed by atoms with Crippen molar-refractivity contribution < 1.29 is 9.18 Å². The quantitative estimate of drug-likeness (QED) is 0.873. The number of nitrogens with zero attached hydrogens (tertiary/aromatic N) is 1. The lowest BCUT2D eigenvalue weighted by Gasteiger charge is -2.27. The zero-order valence-corrected chi connectivity index (χ0v) is 10.3. The van der Waals surface area contributed by atoms with Crippen LogP contribution in [0.15, 0.2) is 18.3 Å². The van der Waals surface area contributed by atoms with Crippen molar-refractivity contribution in [3.05, 3.63) is 29.8 Å². The minimum absolute atomic E-state index is 0.00190. The molecular formula is C14H17FN2O. The Bertz CT molecular complexity index is 479. The van der Waals surface area contributed by atoms with Crippen LogP contribution in [-0.4, -0.2) is 10.9 Å². The first kappa shape index (κ1) is 11.6. The second kappa shape index (κ2) is 3.77. The van der Waals surface area contributed by atoms with Gasteiger partial charge in [-0.25, -0.2) is 4.39 Å². The number of halogens is 1. The van der Waals surface area contributed by atoms with E-state index in [1.165, 1.54) is 18.7 Å². The molecule has 2 aliphatic carbocycles. The van der Waals surface area contributed by atoms with Gasteiger partial charge in [-0.3, -0.25) is 9.78 Å². The summed E-state index contributed by atoms with van der Waals surface area (Å²) in [6.45, 7) is 0. The summed E-state index contributed by atoms with van der Waals surface area (Å²) in [5.41, 5.74) is 5.65. The highest BCUT2D eigenvalue weighted by Gasteiger charge is 2.71. The maximum absolute atomic E-state index is 13.0. The molecule has 3 nitrogen and oxygen atoms in total. The van der Waals surface area contributed by atoms with E-state index in [2.05, 4.69) is 4.98 Å². The summed E-state index contributed by atoms with van der Waals surface area (Å²) in [4.78, 5) is 16.0. The second-order valence-electron chi connectivity index (χ2n) is 5.65. The average Bonchev–Trinajstić information content (AvgIpc) is 3.00. The molecule has 2 aliphatic rings. The minimum Gasteiger partial charge on any atom is -0.369 e. The number of hydrogen-bond donors (Lipinski definition) is 1. The number of pyridine rings is 1. The fraction of sp³-hybridized carbons (Fsp3) is 0.571. The second-order valence-corrected chi connectivity index (χ2v) is 5.65. The van der Waals surface area contributed by atoms with E-state index in [-0.39, 0.29) is 17.1 Å². The average molecular weight is 248 g/mol. The number of carbonyl (C=O) groups excluding carboxylic acids is 1. The van der Waals surface area contributed by atoms with Gasteiger partial charge in [0.15, 0.2) is 0 Å². The summed E-state index contributed by atoms with van der Waals surface area (Å²) in [5, 5.41) is 0. The van der Waals surface area contributed by atoms with Crippen molar-refractivity contribution in [3.63, 3.8) is 0 Å². The van der Waals surface area contributed by atoms with E-state index in [1.54, 1.807) is 6.07 Å². The van der Waals surface area contributed by atoms with Crippen LogP contribution < -0.4 is 5.73 Å². The van der Waals surface area contributed by atoms with E-state index in [1.807, 2.05) is 0 Å². The predicted molar refractivity (Wildman–Crippen MR) is 65.2 cm³/mol. The molecule has 3 rings (SSSR count). The Morgan fingerprint density at radius 2 is 2.00 bits per heavy atom. The van der Waals surface area contributed by atoms with Crippen LogP contribution in [0, 0.1) is 11.2 Å². The van der Waals surface area contributed by atoms with Crippen LogP contribution in [0.2, 0.25) is 0 Å². The Kier molecular flexibility index (Phi) is 2.44. The van der Waals surface area contributed by atoms with E-state index in [4.69, 9.17) is 5.73 Å². The molecule has 2 fully saturated rings. The summed E-state index contributed by atoms with van der Waals surface area (Å²) >= 11 is 0. The Balaban J connectivity index is 1.99. The maximum atomic E-state index is 13.0. The predicted octanol–water partition coefficient (Wildman–Crippen LogP) is 2.30. The van der Waals surface area contributed by atoms with Gasteiger partial charge in [0.05, 0.1) is 17.3 Å². The molecule has 0 saturated heterocycles. The zero-order valence-electron chi connectivity index (χ0n) is 10.3. The number of carbonyl (C=O) groups is 1. The Morgan fingerprint density at radius 3 is 2.56 bits per heavy atom. The highest BCUT2D eigenvalue weighted by Crippen LogP contribution is 2.70. The van der Waals surface area contributed by atoms with Crippen LogP contribution >= 0.6 is 0 Å². The normalized spacial score (nSPS) is 29.2. The molecule has 0 radical (unpaired) electrons. The first-order valence-corrected chi connectivity index (χ1v) is 6.53. The number of amides is 1. The fourth-order valence-corrected chi connectivity index (χ4v) is 3.76. The summed E-state index contributed by atoms with van der Waals surface area (Å²) in [5.74, 6) is -0.680. The van der Waals surface area contributed by atoms with Crippen molar-refractivity contribution in [1.29, 1.82) is 0 Å². The largest absolute Gasteiger partial charge is 0.369 e. The van der Waals surface area contributed by atoms with E-state index < -0.39 is 5.41 Å². The lowest BCUT2D eigenvalue weighted by molar-refractivity contribution is -0.121. The van der Waals surface area contributed by atoms with Gasteiger partial charge in [0.25, 0.3) is 0 Å². The van der Waals surface area contributed by atoms with Gasteiger partial charge in [-0.15, -0.1) is 0 Å². The smallest absolute Gasteiger partial charge is 0.230 e. The van der Waals surface area contributed by atoms with Crippen molar-refractivity contribution >= 4 is 5.91 Å². The van der Waals surface area contributed by atoms with Crippen LogP contribution in [0.5, 0.6) is 0 Å². The van der Waals surface area contributed by atoms with Crippen molar-refractivity contribution in [3.8, 4) is 0 Å². The van der Waals surface area contributed by atoms with Gasteiger partial charge in [0, 0.05) is 0 Å². The molecule has 18 heavy (non-hydrogen) atoms. The first-order valence-electron chi connectivity index (χ1n) is 6.53. The monoisotopic (exact) mass is 248 g/mol. The highest BCUT2D eigenvalue weighted by molar-refractivity contribution is 5.91. The SMILES string of the molecule is NC(=O)C1(c2ccc(F)cn2)CC12CCCCC2. The number of hydrogen-bond acceptors (Lipinski definition) is 2. The lowest BCUT2D eigenvalue weighted by atomic mass is 9.78. The summed E-state index contributed by atoms with van der Waals surface area (Å²) in [6, 6.07) is 2.98. The molecule has 4 heteroatoms. The van der Waals surface area contributed by atoms with Gasteiger partial charge in [0.2, 0.25) is 5.91 Å². The Labute approximate surface area is 106 Å². The standard InChI is InChI=1S/C14H17FN2O/c15-10-4-5-11(17-8-10)14(12(16)18)9-13(14)6-2-1-3-7-13/h4-5,8H,1-3,6-7,9H2,(H2,16,18). The molecule has 1 unspecified atom stereocenters. The third kappa shape index (κ3) is 1.41. The summed E-state index contributed by atoms with van der Waals surface area (Å²) in [7, 11) is 0. The number of aromatic nitrogens is 1. The van der Waals surface area contributed by atoms with E-state index in [0.29, 0.717) is 5.69 Å². The zero-order chi connectivity index (χ0) is 12.8. The van der Waals surface area contributed by atoms with E-state index >= 15 is 0 Å². The molecule has 2 N–H and O–H groups in total. The number of rotatable bonds is 2. The van der Waals surface area contributed by atoms with Gasteiger partial charge >= 0.3 is 0 Å². The minimum atomic E-state index is -0.638. The molecule has 1 atom stereocenters. The molecule has 1 aromatic heterocycles. The molecule has 0 aliphatic heterocycles. The van der Waals surface area contributed by atoms with Crippen molar-refractivity contribution in [2.24, 2.45) is 11.1 Å². The van der Waals surface area contributed by atoms with E-state index in [0.717, 1.165) is 32.1 Å². The fourth-order valence-electron chi connectivity index (χ4n) is 3.76. The number of primary amides is 1. The van der Waals surface area contributed by atoms with E-state index in [9.17, 15) is 9.18 Å². The molecule has 0 bridgehead atoms. The van der Waals surface area contributed by atoms with Crippen molar-refractivity contribution in [2.75, 3.05) is 0 Å². The summed E-state index contributed by atoms with van der Waals surface area (Å²) in [6.07, 6.45) is 7.56. The Morgan fingerprint density at radius 1 is 1.28 bits per heavy atom. The van der Waals surface area contributed by atoms with Gasteiger partial charge in [0.1, 0.15) is 5.82 Å². The van der Waals surface area contributed by atoms with Crippen molar-refractivity contribution in [1.82, 2.24) is 4.98 Å². The molecule has 1 spiro atoms. The van der Waals surface area contributed by atoms with Crippen molar-refractivity contribution in [2.45, 2.75) is 43.9 Å². The maximum Gasteiger partial charge on any atom is 0.230 e. The molecule has 1 aromatic rings. The molecule has 0 aromatic carbocycles. The lowest BCUT2D eigenvalue weighted by Crippen LogP contribution is -2.36. The van der Waals surface area contributed by atoms with Crippen LogP contribution in [0.25, 0.3) is 0 Å². The molecule has 1 amide bonds. The molecule has 96 valence electrons. The van der Waals surface area contributed by atoms with Crippen LogP contribution in [0.3, 0.4) is 0 Å². The van der Waals surface area contributed by atoms with Crippen LogP contribution in [0.4, 0.5) is 4.39 Å². The van der Waals surface area contributed by atoms with Crippen LogP contribution in [0.1, 0.15) is 44.2 Å².